The summed E-state index contributed by atoms with van der Waals surface area (Å²) < 4.78 is 22.3. The predicted octanol–water partition coefficient (Wildman–Crippen LogP) is 5.45. The average Bonchev–Trinajstić information content (AvgIpc) is 3.21. The first-order valence-electron chi connectivity index (χ1n) is 13.7. The standard InChI is InChI=1S/C29H48N2O7/c1-18(2)21(13-20-14-25(26(36-9)30-17-20)37-12-10-11-35-8)15-23(31(28(33)34)29(5,6)7)24-16-22(19(3)4)27(32)38-24/h14,17-19,21-24H,10-13,15-16H2,1-9H3,(H,33,34)/t21-,22-,23-,24-/m0/s1. The van der Waals surface area contributed by atoms with Gasteiger partial charge in [0.05, 0.1) is 25.7 Å². The van der Waals surface area contributed by atoms with Gasteiger partial charge in [-0.15, -0.1) is 0 Å². The van der Waals surface area contributed by atoms with E-state index in [1.165, 1.54) is 4.90 Å². The lowest BCUT2D eigenvalue weighted by Gasteiger charge is -2.43. The van der Waals surface area contributed by atoms with Crippen molar-refractivity contribution in [2.45, 2.75) is 91.8 Å². The summed E-state index contributed by atoms with van der Waals surface area (Å²) in [6, 6.07) is 1.48. The highest BCUT2D eigenvalue weighted by atomic mass is 16.6. The Morgan fingerprint density at radius 1 is 1.21 bits per heavy atom. The van der Waals surface area contributed by atoms with Crippen LogP contribution in [0.1, 0.15) is 73.3 Å². The van der Waals surface area contributed by atoms with Crippen molar-refractivity contribution in [1.82, 2.24) is 9.88 Å². The summed E-state index contributed by atoms with van der Waals surface area (Å²) in [5, 5.41) is 10.3. The van der Waals surface area contributed by atoms with Crippen LogP contribution in [0, 0.1) is 23.7 Å². The number of aromatic nitrogens is 1. The van der Waals surface area contributed by atoms with Gasteiger partial charge in [0, 0.05) is 31.9 Å². The number of carbonyl (C=O) groups is 2. The van der Waals surface area contributed by atoms with Crippen LogP contribution in [0.25, 0.3) is 0 Å². The van der Waals surface area contributed by atoms with E-state index in [2.05, 4.69) is 18.8 Å². The summed E-state index contributed by atoms with van der Waals surface area (Å²) in [4.78, 5) is 31.2. The number of carboxylic acid groups (broad SMARTS) is 1. The van der Waals surface area contributed by atoms with Gasteiger partial charge in [0.1, 0.15) is 6.10 Å². The van der Waals surface area contributed by atoms with Crippen molar-refractivity contribution in [2.24, 2.45) is 23.7 Å². The third kappa shape index (κ3) is 8.48. The van der Waals surface area contributed by atoms with Crippen molar-refractivity contribution in [1.29, 1.82) is 0 Å². The van der Waals surface area contributed by atoms with E-state index in [1.807, 2.05) is 40.7 Å². The molecule has 1 fully saturated rings. The first-order chi connectivity index (χ1) is 17.8. The number of cyclic esters (lactones) is 1. The molecule has 4 atom stereocenters. The number of ether oxygens (including phenoxy) is 4. The Morgan fingerprint density at radius 2 is 1.89 bits per heavy atom. The second kappa shape index (κ2) is 14.0. The van der Waals surface area contributed by atoms with E-state index in [-0.39, 0.29) is 29.6 Å². The van der Waals surface area contributed by atoms with E-state index in [0.29, 0.717) is 44.1 Å². The molecule has 2 rings (SSSR count). The van der Waals surface area contributed by atoms with Crippen LogP contribution in [0.4, 0.5) is 4.79 Å². The van der Waals surface area contributed by atoms with Gasteiger partial charge in [-0.05, 0) is 69.4 Å². The first kappa shape index (κ1) is 31.7. The Kier molecular flexibility index (Phi) is 11.7. The smallest absolute Gasteiger partial charge is 0.408 e. The summed E-state index contributed by atoms with van der Waals surface area (Å²) in [6.07, 6.45) is 2.79. The second-order valence-electron chi connectivity index (χ2n) is 11.9. The minimum Gasteiger partial charge on any atom is -0.488 e. The van der Waals surface area contributed by atoms with Crippen LogP contribution in [-0.4, -0.2) is 72.2 Å². The van der Waals surface area contributed by atoms with Crippen molar-refractivity contribution < 1.29 is 33.6 Å². The van der Waals surface area contributed by atoms with E-state index >= 15 is 0 Å². The number of amides is 1. The van der Waals surface area contributed by atoms with Crippen LogP contribution in [0.5, 0.6) is 11.6 Å². The fourth-order valence-electron chi connectivity index (χ4n) is 5.19. The molecule has 0 aromatic carbocycles. The van der Waals surface area contributed by atoms with E-state index in [4.69, 9.17) is 18.9 Å². The lowest BCUT2D eigenvalue weighted by atomic mass is 9.80. The zero-order chi connectivity index (χ0) is 28.6. The van der Waals surface area contributed by atoms with Gasteiger partial charge >= 0.3 is 12.1 Å². The molecule has 1 aromatic rings. The SMILES string of the molecule is COCCCOc1cc(C[C@@H](C[C@@H]([C@@H]2C[C@@H](C(C)C)C(=O)O2)N(C(=O)O)C(C)(C)C)C(C)C)cnc1OC. The predicted molar refractivity (Wildman–Crippen MR) is 146 cm³/mol. The van der Waals surface area contributed by atoms with Gasteiger partial charge in [0.15, 0.2) is 5.75 Å². The number of pyridine rings is 1. The molecule has 216 valence electrons. The van der Waals surface area contributed by atoms with Gasteiger partial charge < -0.3 is 24.1 Å². The van der Waals surface area contributed by atoms with Crippen LogP contribution in [-0.2, 0) is 20.7 Å². The molecule has 9 nitrogen and oxygen atoms in total. The van der Waals surface area contributed by atoms with Crippen LogP contribution in [0.3, 0.4) is 0 Å². The molecule has 1 saturated heterocycles. The van der Waals surface area contributed by atoms with E-state index in [9.17, 15) is 14.7 Å². The third-order valence-electron chi connectivity index (χ3n) is 7.35. The van der Waals surface area contributed by atoms with Gasteiger partial charge in [-0.2, -0.15) is 0 Å². The summed E-state index contributed by atoms with van der Waals surface area (Å²) in [6.45, 7) is 15.0. The number of hydrogen-bond acceptors (Lipinski definition) is 7. The number of hydrogen-bond donors (Lipinski definition) is 1. The highest BCUT2D eigenvalue weighted by molar-refractivity contribution is 5.75. The Labute approximate surface area is 228 Å². The summed E-state index contributed by atoms with van der Waals surface area (Å²) >= 11 is 0. The van der Waals surface area contributed by atoms with Gasteiger partial charge in [-0.3, -0.25) is 9.69 Å². The maximum absolute atomic E-state index is 12.7. The topological polar surface area (TPSA) is 107 Å². The minimum atomic E-state index is -1.01. The Bertz CT molecular complexity index is 913. The lowest BCUT2D eigenvalue weighted by Crippen LogP contribution is -2.56. The molecule has 1 aromatic heterocycles. The monoisotopic (exact) mass is 536 g/mol. The minimum absolute atomic E-state index is 0.109. The molecular weight excluding hydrogens is 488 g/mol. The van der Waals surface area contributed by atoms with Crippen LogP contribution in [0.2, 0.25) is 0 Å². The van der Waals surface area contributed by atoms with Gasteiger partial charge in [-0.1, -0.05) is 27.7 Å². The van der Waals surface area contributed by atoms with Crippen molar-refractivity contribution in [2.75, 3.05) is 27.4 Å². The van der Waals surface area contributed by atoms with Crippen molar-refractivity contribution >= 4 is 12.1 Å². The number of methoxy groups -OCH3 is 2. The van der Waals surface area contributed by atoms with Crippen molar-refractivity contribution in [3.8, 4) is 11.6 Å². The van der Waals surface area contributed by atoms with Gasteiger partial charge in [-0.25, -0.2) is 9.78 Å². The Hall–Kier alpha value is -2.55. The molecule has 0 spiro atoms. The summed E-state index contributed by atoms with van der Waals surface area (Å²) in [5.41, 5.74) is 0.316. The molecule has 0 aliphatic carbocycles. The zero-order valence-electron chi connectivity index (χ0n) is 24.7. The molecule has 38 heavy (non-hydrogen) atoms. The molecule has 1 aliphatic rings. The third-order valence-corrected chi connectivity index (χ3v) is 7.35. The highest BCUT2D eigenvalue weighted by Crippen LogP contribution is 2.37. The van der Waals surface area contributed by atoms with Crippen molar-refractivity contribution in [3.63, 3.8) is 0 Å². The van der Waals surface area contributed by atoms with Crippen molar-refractivity contribution in [3.05, 3.63) is 17.8 Å². The first-order valence-corrected chi connectivity index (χ1v) is 13.7. The molecular formula is C29H48N2O7. The lowest BCUT2D eigenvalue weighted by molar-refractivity contribution is -0.148. The molecule has 9 heteroatoms. The molecule has 1 amide bonds. The maximum atomic E-state index is 12.7. The molecule has 0 saturated carbocycles. The Balaban J connectivity index is 2.35. The second-order valence-corrected chi connectivity index (χ2v) is 11.9. The molecule has 1 aliphatic heterocycles. The largest absolute Gasteiger partial charge is 0.488 e. The average molecular weight is 537 g/mol. The molecule has 0 bridgehead atoms. The zero-order valence-corrected chi connectivity index (χ0v) is 24.7. The fraction of sp³-hybridized carbons (Fsp3) is 0.759. The number of carbonyl (C=O) groups excluding carboxylic acids is 1. The van der Waals surface area contributed by atoms with E-state index in [0.717, 1.165) is 12.0 Å². The fourth-order valence-corrected chi connectivity index (χ4v) is 5.19. The maximum Gasteiger partial charge on any atom is 0.408 e. The van der Waals surface area contributed by atoms with Crippen LogP contribution < -0.4 is 9.47 Å². The normalized spacial score (nSPS) is 19.4. The van der Waals surface area contributed by atoms with Gasteiger partial charge in [0.25, 0.3) is 5.88 Å². The molecule has 0 unspecified atom stereocenters. The van der Waals surface area contributed by atoms with Crippen LogP contribution >= 0.6 is 0 Å². The summed E-state index contributed by atoms with van der Waals surface area (Å²) in [7, 11) is 3.22. The quantitative estimate of drug-likeness (QED) is 0.247. The number of nitrogens with zero attached hydrogens (tertiary/aromatic N) is 2. The van der Waals surface area contributed by atoms with E-state index < -0.39 is 23.8 Å². The van der Waals surface area contributed by atoms with Gasteiger partial charge in [0.2, 0.25) is 0 Å². The molecule has 0 radical (unpaired) electrons. The number of esters is 1. The number of rotatable bonds is 14. The molecule has 1 N–H and O–H groups in total. The van der Waals surface area contributed by atoms with E-state index in [1.54, 1.807) is 20.4 Å². The van der Waals surface area contributed by atoms with Crippen LogP contribution in [0.15, 0.2) is 12.3 Å². The summed E-state index contributed by atoms with van der Waals surface area (Å²) in [5.74, 6) is 1.04. The highest BCUT2D eigenvalue weighted by Gasteiger charge is 2.46. The molecule has 2 heterocycles. The Morgan fingerprint density at radius 3 is 2.39 bits per heavy atom.